The summed E-state index contributed by atoms with van der Waals surface area (Å²) in [5, 5.41) is 9.39. The maximum atomic E-state index is 11.4. The molecule has 1 aliphatic carbocycles. The van der Waals surface area contributed by atoms with Crippen molar-refractivity contribution in [1.82, 2.24) is 0 Å². The van der Waals surface area contributed by atoms with Gasteiger partial charge in [-0.2, -0.15) is 0 Å². The van der Waals surface area contributed by atoms with E-state index in [2.05, 4.69) is 39.8 Å². The molecule has 1 N–H and O–H groups in total. The van der Waals surface area contributed by atoms with Gasteiger partial charge in [0, 0.05) is 5.56 Å². The molecular weight excluding hydrogens is 436 g/mol. The zero-order valence-corrected chi connectivity index (χ0v) is 21.4. The lowest BCUT2D eigenvalue weighted by Crippen LogP contribution is -2.34. The van der Waals surface area contributed by atoms with E-state index in [0.717, 1.165) is 35.3 Å². The van der Waals surface area contributed by atoms with Gasteiger partial charge in [-0.25, -0.2) is 4.79 Å². The van der Waals surface area contributed by atoms with Crippen molar-refractivity contribution in [3.8, 4) is 5.75 Å². The third-order valence-electron chi connectivity index (χ3n) is 7.29. The van der Waals surface area contributed by atoms with Crippen LogP contribution in [-0.2, 0) is 22.2 Å². The van der Waals surface area contributed by atoms with Gasteiger partial charge in [0.1, 0.15) is 11.9 Å². The summed E-state index contributed by atoms with van der Waals surface area (Å²) in [5.41, 5.74) is 6.01. The van der Waals surface area contributed by atoms with Crippen LogP contribution in [0.5, 0.6) is 5.75 Å². The van der Waals surface area contributed by atoms with Crippen molar-refractivity contribution < 1.29 is 19.4 Å². The van der Waals surface area contributed by atoms with Crippen LogP contribution in [0.1, 0.15) is 91.7 Å². The highest BCUT2D eigenvalue weighted by Gasteiger charge is 2.38. The van der Waals surface area contributed by atoms with Crippen LogP contribution >= 0.6 is 0 Å². The van der Waals surface area contributed by atoms with E-state index >= 15 is 0 Å². The summed E-state index contributed by atoms with van der Waals surface area (Å²) in [5.74, 6) is -0.108. The second-order valence-corrected chi connectivity index (χ2v) is 10.7. The highest BCUT2D eigenvalue weighted by atomic mass is 16.5. The molecule has 0 saturated carbocycles. The van der Waals surface area contributed by atoms with Crippen molar-refractivity contribution in [2.24, 2.45) is 0 Å². The maximum absolute atomic E-state index is 11.4. The van der Waals surface area contributed by atoms with Crippen LogP contribution in [-0.4, -0.2) is 17.7 Å². The zero-order valence-electron chi connectivity index (χ0n) is 21.4. The van der Waals surface area contributed by atoms with Crippen molar-refractivity contribution in [1.29, 1.82) is 0 Å². The number of ether oxygens (including phenoxy) is 2. The van der Waals surface area contributed by atoms with E-state index in [-0.39, 0.29) is 16.4 Å². The lowest BCUT2D eigenvalue weighted by Gasteiger charge is -2.42. The second kappa shape index (κ2) is 9.87. The van der Waals surface area contributed by atoms with Gasteiger partial charge in [-0.1, -0.05) is 70.2 Å². The molecule has 0 aromatic heterocycles. The number of carboxylic acid groups (broad SMARTS) is 1. The fourth-order valence-corrected chi connectivity index (χ4v) is 5.02. The molecular formula is C31H36O4. The summed E-state index contributed by atoms with van der Waals surface area (Å²) in [4.78, 5) is 11.4. The van der Waals surface area contributed by atoms with E-state index in [1.807, 2.05) is 49.4 Å². The summed E-state index contributed by atoms with van der Waals surface area (Å²) in [6, 6.07) is 21.6. The first-order chi connectivity index (χ1) is 16.6. The number of aromatic carboxylic acids is 1. The topological polar surface area (TPSA) is 55.8 Å². The number of hydrogen-bond donors (Lipinski definition) is 1. The summed E-state index contributed by atoms with van der Waals surface area (Å²) in [7, 11) is 0. The SMILES string of the molecule is CCOc1cc2c(cc1C(OCc1ccccc1)c1ccc(C(=O)O)cc1)C(C)(C)CCC2(C)C. The molecule has 1 unspecified atom stereocenters. The summed E-state index contributed by atoms with van der Waals surface area (Å²) < 4.78 is 12.8. The number of rotatable bonds is 8. The van der Waals surface area contributed by atoms with Crippen molar-refractivity contribution >= 4 is 5.97 Å². The minimum absolute atomic E-state index is 0.0431. The average molecular weight is 473 g/mol. The van der Waals surface area contributed by atoms with Crippen LogP contribution in [0.2, 0.25) is 0 Å². The van der Waals surface area contributed by atoms with Crippen molar-refractivity contribution in [3.63, 3.8) is 0 Å². The molecule has 0 amide bonds. The van der Waals surface area contributed by atoms with Crippen LogP contribution in [0.3, 0.4) is 0 Å². The Kier molecular flexibility index (Phi) is 7.05. The molecule has 0 spiro atoms. The Bertz CT molecular complexity index is 1180. The Morgan fingerprint density at radius 2 is 1.51 bits per heavy atom. The molecule has 35 heavy (non-hydrogen) atoms. The zero-order chi connectivity index (χ0) is 25.2. The first kappa shape index (κ1) is 25.0. The monoisotopic (exact) mass is 472 g/mol. The minimum atomic E-state index is -0.939. The summed E-state index contributed by atoms with van der Waals surface area (Å²) in [6.45, 7) is 12.2. The predicted molar refractivity (Wildman–Crippen MR) is 139 cm³/mol. The molecule has 4 heteroatoms. The first-order valence-corrected chi connectivity index (χ1v) is 12.4. The number of hydrogen-bond acceptors (Lipinski definition) is 3. The molecule has 0 bridgehead atoms. The van der Waals surface area contributed by atoms with E-state index in [9.17, 15) is 9.90 Å². The van der Waals surface area contributed by atoms with Crippen molar-refractivity contribution in [3.05, 3.63) is 100 Å². The van der Waals surface area contributed by atoms with Gasteiger partial charge in [0.05, 0.1) is 18.8 Å². The predicted octanol–water partition coefficient (Wildman–Crippen LogP) is 7.44. The number of carboxylic acids is 1. The van der Waals surface area contributed by atoms with E-state index in [0.29, 0.717) is 13.2 Å². The van der Waals surface area contributed by atoms with Crippen molar-refractivity contribution in [2.45, 2.75) is 71.0 Å². The van der Waals surface area contributed by atoms with E-state index in [1.54, 1.807) is 12.1 Å². The average Bonchev–Trinajstić information content (AvgIpc) is 2.84. The highest BCUT2D eigenvalue weighted by molar-refractivity contribution is 5.87. The molecule has 0 aliphatic heterocycles. The molecule has 3 aromatic carbocycles. The molecule has 4 rings (SSSR count). The molecule has 0 saturated heterocycles. The van der Waals surface area contributed by atoms with Crippen LogP contribution < -0.4 is 4.74 Å². The lowest BCUT2D eigenvalue weighted by atomic mass is 9.62. The fraction of sp³-hybridized carbons (Fsp3) is 0.387. The van der Waals surface area contributed by atoms with Crippen LogP contribution in [0.4, 0.5) is 0 Å². The molecule has 0 heterocycles. The minimum Gasteiger partial charge on any atom is -0.493 e. The van der Waals surface area contributed by atoms with Gasteiger partial charge in [0.25, 0.3) is 0 Å². The van der Waals surface area contributed by atoms with E-state index in [4.69, 9.17) is 9.47 Å². The quantitative estimate of drug-likeness (QED) is 0.370. The second-order valence-electron chi connectivity index (χ2n) is 10.7. The van der Waals surface area contributed by atoms with Gasteiger partial charge in [-0.05, 0) is 77.1 Å². The molecule has 4 nitrogen and oxygen atoms in total. The summed E-state index contributed by atoms with van der Waals surface area (Å²) >= 11 is 0. The lowest BCUT2D eigenvalue weighted by molar-refractivity contribution is 0.0641. The fourth-order valence-electron chi connectivity index (χ4n) is 5.02. The van der Waals surface area contributed by atoms with Gasteiger partial charge >= 0.3 is 5.97 Å². The molecule has 1 atom stereocenters. The standard InChI is InChI=1S/C31H36O4/c1-6-34-27-19-26-25(30(2,3)16-17-31(26,4)5)18-24(27)28(35-20-21-10-8-7-9-11-21)22-12-14-23(15-13-22)29(32)33/h7-15,18-19,28H,6,16-17,20H2,1-5H3,(H,32,33). The maximum Gasteiger partial charge on any atom is 0.335 e. The highest BCUT2D eigenvalue weighted by Crippen LogP contribution is 2.49. The third-order valence-corrected chi connectivity index (χ3v) is 7.29. The van der Waals surface area contributed by atoms with Crippen LogP contribution in [0.15, 0.2) is 66.7 Å². The van der Waals surface area contributed by atoms with Crippen LogP contribution in [0.25, 0.3) is 0 Å². The number of carbonyl (C=O) groups is 1. The summed E-state index contributed by atoms with van der Waals surface area (Å²) in [6.07, 6.45) is 1.84. The normalized spacial score (nSPS) is 16.8. The number of benzene rings is 3. The molecule has 1 aliphatic rings. The van der Waals surface area contributed by atoms with Gasteiger partial charge in [-0.3, -0.25) is 0 Å². The molecule has 184 valence electrons. The Labute approximate surface area is 208 Å². The largest absolute Gasteiger partial charge is 0.493 e. The van der Waals surface area contributed by atoms with Gasteiger partial charge in [0.15, 0.2) is 0 Å². The Morgan fingerprint density at radius 1 is 0.914 bits per heavy atom. The first-order valence-electron chi connectivity index (χ1n) is 12.4. The van der Waals surface area contributed by atoms with E-state index in [1.165, 1.54) is 11.1 Å². The smallest absolute Gasteiger partial charge is 0.335 e. The van der Waals surface area contributed by atoms with Crippen LogP contribution in [0, 0.1) is 0 Å². The Morgan fingerprint density at radius 3 is 2.09 bits per heavy atom. The van der Waals surface area contributed by atoms with Crippen molar-refractivity contribution in [2.75, 3.05) is 6.61 Å². The molecule has 0 fully saturated rings. The Balaban J connectivity index is 1.85. The third kappa shape index (κ3) is 5.28. The number of fused-ring (bicyclic) bond motifs is 1. The Hall–Kier alpha value is -3.11. The van der Waals surface area contributed by atoms with Gasteiger partial charge < -0.3 is 14.6 Å². The molecule has 3 aromatic rings. The van der Waals surface area contributed by atoms with Gasteiger partial charge in [0.2, 0.25) is 0 Å². The van der Waals surface area contributed by atoms with Gasteiger partial charge in [-0.15, -0.1) is 0 Å². The van der Waals surface area contributed by atoms with E-state index < -0.39 is 12.1 Å². The molecule has 0 radical (unpaired) electrons.